The van der Waals surface area contributed by atoms with Crippen LogP contribution < -0.4 is 4.74 Å². The van der Waals surface area contributed by atoms with Gasteiger partial charge in [-0.3, -0.25) is 4.84 Å². The van der Waals surface area contributed by atoms with Crippen molar-refractivity contribution in [1.82, 2.24) is 5.06 Å². The van der Waals surface area contributed by atoms with Crippen molar-refractivity contribution in [1.29, 1.82) is 0 Å². The van der Waals surface area contributed by atoms with Crippen molar-refractivity contribution in [2.45, 2.75) is 50.7 Å². The number of hydrogen-bond donors (Lipinski definition) is 0. The van der Waals surface area contributed by atoms with Crippen molar-refractivity contribution in [2.24, 2.45) is 5.92 Å². The minimum Gasteiger partial charge on any atom is -0.497 e. The van der Waals surface area contributed by atoms with Crippen molar-refractivity contribution in [3.63, 3.8) is 0 Å². The Labute approximate surface area is 242 Å². The summed E-state index contributed by atoms with van der Waals surface area (Å²) < 4.78 is 25.5. The van der Waals surface area contributed by atoms with Crippen LogP contribution in [0.15, 0.2) is 115 Å². The molecule has 212 valence electrons. The third kappa shape index (κ3) is 6.70. The molecular formula is C35H37NO5. The Kier molecular flexibility index (Phi) is 9.05. The first-order chi connectivity index (χ1) is 20.3. The van der Waals surface area contributed by atoms with Crippen LogP contribution in [0, 0.1) is 5.92 Å². The van der Waals surface area contributed by atoms with E-state index in [2.05, 4.69) is 53.6 Å². The standard InChI is InChI=1S/C35H37NO5/c1-37-30-19-17-26(18-20-30)21-36-32-31(25-41-36)33(38-22-27-11-5-2-6-12-27)35(40-24-29-15-9-4-10-16-29)34(32)39-23-28-13-7-3-8-14-28/h2-20,31-35H,21-25H2,1H3. The second kappa shape index (κ2) is 13.4. The highest BCUT2D eigenvalue weighted by atomic mass is 16.7. The van der Waals surface area contributed by atoms with Crippen molar-refractivity contribution in [3.8, 4) is 5.75 Å². The van der Waals surface area contributed by atoms with Crippen molar-refractivity contribution in [2.75, 3.05) is 13.7 Å². The molecule has 6 rings (SSSR count). The van der Waals surface area contributed by atoms with Crippen LogP contribution in [0.5, 0.6) is 5.75 Å². The summed E-state index contributed by atoms with van der Waals surface area (Å²) in [5.41, 5.74) is 4.52. The van der Waals surface area contributed by atoms with Gasteiger partial charge < -0.3 is 18.9 Å². The number of methoxy groups -OCH3 is 1. The molecule has 2 aliphatic rings. The zero-order valence-electron chi connectivity index (χ0n) is 23.4. The van der Waals surface area contributed by atoms with Crippen molar-refractivity contribution < 1.29 is 23.8 Å². The molecule has 4 aromatic rings. The zero-order chi connectivity index (χ0) is 27.9. The van der Waals surface area contributed by atoms with E-state index in [0.29, 0.717) is 33.0 Å². The molecule has 0 amide bonds. The Morgan fingerprint density at radius 1 is 0.585 bits per heavy atom. The van der Waals surface area contributed by atoms with Crippen LogP contribution in [0.25, 0.3) is 0 Å². The van der Waals surface area contributed by atoms with Crippen molar-refractivity contribution >= 4 is 0 Å². The van der Waals surface area contributed by atoms with Gasteiger partial charge in [0.2, 0.25) is 0 Å². The average Bonchev–Trinajstić information content (AvgIpc) is 3.57. The van der Waals surface area contributed by atoms with Crippen molar-refractivity contribution in [3.05, 3.63) is 138 Å². The van der Waals surface area contributed by atoms with Gasteiger partial charge in [0.25, 0.3) is 0 Å². The summed E-state index contributed by atoms with van der Waals surface area (Å²) in [6, 6.07) is 39.0. The molecule has 1 saturated carbocycles. The van der Waals surface area contributed by atoms with E-state index in [1.807, 2.05) is 66.7 Å². The van der Waals surface area contributed by atoms with Gasteiger partial charge in [0, 0.05) is 12.5 Å². The molecule has 0 radical (unpaired) electrons. The Morgan fingerprint density at radius 3 is 1.59 bits per heavy atom. The first-order valence-corrected chi connectivity index (χ1v) is 14.3. The molecule has 0 aromatic heterocycles. The van der Waals surface area contributed by atoms with Gasteiger partial charge in [-0.15, -0.1) is 0 Å². The average molecular weight is 552 g/mol. The minimum atomic E-state index is -0.264. The fourth-order valence-corrected chi connectivity index (χ4v) is 5.87. The molecule has 1 saturated heterocycles. The van der Waals surface area contributed by atoms with Gasteiger partial charge in [0.15, 0.2) is 0 Å². The van der Waals surface area contributed by atoms with Crippen LogP contribution in [0.3, 0.4) is 0 Å². The largest absolute Gasteiger partial charge is 0.497 e. The second-order valence-corrected chi connectivity index (χ2v) is 10.7. The predicted octanol–water partition coefficient (Wildman–Crippen LogP) is 6.20. The molecule has 41 heavy (non-hydrogen) atoms. The Hall–Kier alpha value is -3.52. The lowest BCUT2D eigenvalue weighted by Gasteiger charge is -2.31. The number of nitrogens with zero attached hydrogens (tertiary/aromatic N) is 1. The number of fused-ring (bicyclic) bond motifs is 1. The summed E-state index contributed by atoms with van der Waals surface area (Å²) in [7, 11) is 1.68. The smallest absolute Gasteiger partial charge is 0.118 e. The molecule has 2 fully saturated rings. The van der Waals surface area contributed by atoms with E-state index in [4.69, 9.17) is 23.8 Å². The highest BCUT2D eigenvalue weighted by Crippen LogP contribution is 2.43. The summed E-state index contributed by atoms with van der Waals surface area (Å²) >= 11 is 0. The third-order valence-electron chi connectivity index (χ3n) is 7.96. The predicted molar refractivity (Wildman–Crippen MR) is 157 cm³/mol. The molecule has 0 bridgehead atoms. The fourth-order valence-electron chi connectivity index (χ4n) is 5.87. The zero-order valence-corrected chi connectivity index (χ0v) is 23.4. The lowest BCUT2D eigenvalue weighted by Crippen LogP contribution is -2.44. The maximum Gasteiger partial charge on any atom is 0.118 e. The van der Waals surface area contributed by atoms with Gasteiger partial charge in [0.1, 0.15) is 18.0 Å². The van der Waals surface area contributed by atoms with Gasteiger partial charge in [-0.25, -0.2) is 0 Å². The summed E-state index contributed by atoms with van der Waals surface area (Å²) in [4.78, 5) is 6.34. The third-order valence-corrected chi connectivity index (χ3v) is 7.96. The molecule has 5 unspecified atom stereocenters. The molecule has 6 nitrogen and oxygen atoms in total. The number of ether oxygens (including phenoxy) is 4. The van der Waals surface area contributed by atoms with E-state index in [0.717, 1.165) is 28.0 Å². The molecule has 1 aliphatic carbocycles. The summed E-state index contributed by atoms with van der Waals surface area (Å²) in [6.45, 7) is 2.66. The maximum absolute atomic E-state index is 6.74. The minimum absolute atomic E-state index is 0.0256. The molecule has 1 aliphatic heterocycles. The molecule has 0 N–H and O–H groups in total. The lowest BCUT2D eigenvalue weighted by atomic mass is 10.0. The summed E-state index contributed by atoms with van der Waals surface area (Å²) in [5, 5.41) is 2.08. The first-order valence-electron chi connectivity index (χ1n) is 14.3. The quantitative estimate of drug-likeness (QED) is 0.209. The van der Waals surface area contributed by atoms with E-state index in [9.17, 15) is 0 Å². The van der Waals surface area contributed by atoms with Crippen LogP contribution in [-0.2, 0) is 45.4 Å². The monoisotopic (exact) mass is 551 g/mol. The van der Waals surface area contributed by atoms with Crippen LogP contribution in [0.1, 0.15) is 22.3 Å². The van der Waals surface area contributed by atoms with Gasteiger partial charge in [-0.05, 0) is 34.4 Å². The van der Waals surface area contributed by atoms with Gasteiger partial charge >= 0.3 is 0 Å². The summed E-state index contributed by atoms with van der Waals surface area (Å²) in [6.07, 6.45) is -0.698. The van der Waals surface area contributed by atoms with Gasteiger partial charge in [0.05, 0.1) is 45.7 Å². The van der Waals surface area contributed by atoms with Crippen LogP contribution in [-0.4, -0.2) is 43.1 Å². The van der Waals surface area contributed by atoms with E-state index in [1.54, 1.807) is 7.11 Å². The number of hydroxylamine groups is 2. The summed E-state index contributed by atoms with van der Waals surface area (Å²) in [5.74, 6) is 0.932. The van der Waals surface area contributed by atoms with Crippen LogP contribution in [0.4, 0.5) is 0 Å². The number of benzene rings is 4. The number of rotatable bonds is 12. The highest BCUT2D eigenvalue weighted by molar-refractivity contribution is 5.27. The van der Waals surface area contributed by atoms with E-state index >= 15 is 0 Å². The fraction of sp³-hybridized carbons (Fsp3) is 0.314. The van der Waals surface area contributed by atoms with Gasteiger partial charge in [-0.2, -0.15) is 5.06 Å². The lowest BCUT2D eigenvalue weighted by molar-refractivity contribution is -0.194. The first kappa shape index (κ1) is 27.6. The normalized spacial score (nSPS) is 23.9. The van der Waals surface area contributed by atoms with E-state index < -0.39 is 0 Å². The molecule has 6 heteroatoms. The molecule has 4 aromatic carbocycles. The Morgan fingerprint density at radius 2 is 1.07 bits per heavy atom. The van der Waals surface area contributed by atoms with Gasteiger partial charge in [-0.1, -0.05) is 103 Å². The Balaban J connectivity index is 1.27. The number of hydrogen-bond acceptors (Lipinski definition) is 6. The maximum atomic E-state index is 6.74. The molecule has 1 heterocycles. The molecule has 5 atom stereocenters. The molecule has 0 spiro atoms. The topological polar surface area (TPSA) is 49.4 Å². The SMILES string of the molecule is COc1ccc(CN2OCC3C(OCc4ccccc4)C(OCc4ccccc4)C(OCc4ccccc4)C32)cc1. The van der Waals surface area contributed by atoms with Crippen LogP contribution >= 0.6 is 0 Å². The second-order valence-electron chi connectivity index (χ2n) is 10.7. The van der Waals surface area contributed by atoms with E-state index in [1.165, 1.54) is 0 Å². The van der Waals surface area contributed by atoms with E-state index in [-0.39, 0.29) is 30.3 Å². The highest BCUT2D eigenvalue weighted by Gasteiger charge is 2.58. The molecular weight excluding hydrogens is 514 g/mol. The Bertz CT molecular complexity index is 1340. The van der Waals surface area contributed by atoms with Crippen LogP contribution in [0.2, 0.25) is 0 Å².